The molecule has 4 rings (SSSR count). The van der Waals surface area contributed by atoms with E-state index in [4.69, 9.17) is 4.74 Å². The average Bonchev–Trinajstić information content (AvgIpc) is 3.37. The second-order valence-electron chi connectivity index (χ2n) is 7.37. The van der Waals surface area contributed by atoms with Crippen LogP contribution in [0, 0.1) is 11.7 Å². The first-order chi connectivity index (χ1) is 14.0. The molecule has 0 radical (unpaired) electrons. The predicted molar refractivity (Wildman–Crippen MR) is 110 cm³/mol. The van der Waals surface area contributed by atoms with Crippen LogP contribution >= 0.6 is 0 Å². The third-order valence-corrected chi connectivity index (χ3v) is 5.45. The Kier molecular flexibility index (Phi) is 5.34. The van der Waals surface area contributed by atoms with Crippen LogP contribution in [0.15, 0.2) is 48.7 Å². The minimum absolute atomic E-state index is 0.0350. The highest BCUT2D eigenvalue weighted by molar-refractivity contribution is 6.13. The smallest absolute Gasteiger partial charge is 0.314 e. The minimum atomic E-state index is -0.362. The first kappa shape index (κ1) is 19.2. The van der Waals surface area contributed by atoms with E-state index in [0.717, 1.165) is 31.2 Å². The van der Waals surface area contributed by atoms with E-state index in [0.29, 0.717) is 28.9 Å². The number of ether oxygens (including phenoxy) is 1. The van der Waals surface area contributed by atoms with Gasteiger partial charge in [0.05, 0.1) is 11.5 Å². The van der Waals surface area contributed by atoms with Crippen molar-refractivity contribution in [2.75, 3.05) is 5.32 Å². The van der Waals surface area contributed by atoms with E-state index in [1.807, 2.05) is 17.6 Å². The molecule has 1 heterocycles. The Hall–Kier alpha value is -3.15. The quantitative estimate of drug-likeness (QED) is 0.481. The maximum Gasteiger partial charge on any atom is 0.314 e. The molecule has 0 aliphatic heterocycles. The predicted octanol–water partition coefficient (Wildman–Crippen LogP) is 5.15. The van der Waals surface area contributed by atoms with Crippen molar-refractivity contribution in [1.29, 1.82) is 0 Å². The summed E-state index contributed by atoms with van der Waals surface area (Å²) < 4.78 is 20.7. The normalized spacial score (nSPS) is 14.3. The van der Waals surface area contributed by atoms with Crippen LogP contribution in [0.2, 0.25) is 0 Å². The number of halogens is 1. The summed E-state index contributed by atoms with van der Waals surface area (Å²) in [5.74, 6) is -0.451. The summed E-state index contributed by atoms with van der Waals surface area (Å²) in [6.07, 6.45) is 5.65. The molecule has 1 amide bonds. The summed E-state index contributed by atoms with van der Waals surface area (Å²) in [6.45, 7) is 2.69. The first-order valence-corrected chi connectivity index (χ1v) is 9.96. The SMILES string of the molecule is CCn1cc(C(=O)Nc2ccc(F)cc2)c2cc(OC(=O)C3CCCC3)ccc21. The number of rotatable bonds is 5. The van der Waals surface area contributed by atoms with Crippen LogP contribution < -0.4 is 10.1 Å². The van der Waals surface area contributed by atoms with Gasteiger partial charge in [-0.1, -0.05) is 12.8 Å². The lowest BCUT2D eigenvalue weighted by atomic mass is 10.1. The van der Waals surface area contributed by atoms with Gasteiger partial charge < -0.3 is 14.6 Å². The lowest BCUT2D eigenvalue weighted by Crippen LogP contribution is -2.17. The zero-order valence-electron chi connectivity index (χ0n) is 16.3. The molecule has 29 heavy (non-hydrogen) atoms. The highest BCUT2D eigenvalue weighted by atomic mass is 19.1. The van der Waals surface area contributed by atoms with Gasteiger partial charge in [-0.25, -0.2) is 4.39 Å². The fourth-order valence-electron chi connectivity index (χ4n) is 3.87. The first-order valence-electron chi connectivity index (χ1n) is 9.96. The lowest BCUT2D eigenvalue weighted by Gasteiger charge is -2.10. The maximum absolute atomic E-state index is 13.1. The molecule has 1 N–H and O–H groups in total. The molecular weight excluding hydrogens is 371 g/mol. The number of carbonyl (C=O) groups is 2. The summed E-state index contributed by atoms with van der Waals surface area (Å²) in [6, 6.07) is 11.0. The molecule has 1 aliphatic rings. The molecule has 1 saturated carbocycles. The van der Waals surface area contributed by atoms with E-state index < -0.39 is 0 Å². The zero-order valence-corrected chi connectivity index (χ0v) is 16.3. The van der Waals surface area contributed by atoms with Crippen LogP contribution in [0.1, 0.15) is 43.0 Å². The fourth-order valence-corrected chi connectivity index (χ4v) is 3.87. The number of anilines is 1. The van der Waals surface area contributed by atoms with E-state index in [9.17, 15) is 14.0 Å². The summed E-state index contributed by atoms with van der Waals surface area (Å²) in [7, 11) is 0. The molecule has 0 atom stereocenters. The van der Waals surface area contributed by atoms with E-state index in [-0.39, 0.29) is 23.6 Å². The van der Waals surface area contributed by atoms with Gasteiger partial charge in [0.25, 0.3) is 5.91 Å². The average molecular weight is 394 g/mol. The van der Waals surface area contributed by atoms with E-state index >= 15 is 0 Å². The number of carbonyl (C=O) groups excluding carboxylic acids is 2. The maximum atomic E-state index is 13.1. The largest absolute Gasteiger partial charge is 0.426 e. The Morgan fingerprint density at radius 1 is 1.14 bits per heavy atom. The van der Waals surface area contributed by atoms with E-state index in [1.165, 1.54) is 24.3 Å². The van der Waals surface area contributed by atoms with Gasteiger partial charge in [0.1, 0.15) is 11.6 Å². The number of fused-ring (bicyclic) bond motifs is 1. The molecule has 3 aromatic rings. The molecule has 2 aromatic carbocycles. The number of hydrogen-bond acceptors (Lipinski definition) is 3. The number of nitrogens with one attached hydrogen (secondary N) is 1. The summed E-state index contributed by atoms with van der Waals surface area (Å²) >= 11 is 0. The van der Waals surface area contributed by atoms with E-state index in [1.54, 1.807) is 18.3 Å². The van der Waals surface area contributed by atoms with Crippen molar-refractivity contribution >= 4 is 28.5 Å². The van der Waals surface area contributed by atoms with Crippen LogP contribution in [0.3, 0.4) is 0 Å². The second-order valence-corrected chi connectivity index (χ2v) is 7.37. The molecule has 1 aliphatic carbocycles. The highest BCUT2D eigenvalue weighted by Crippen LogP contribution is 2.30. The summed E-state index contributed by atoms with van der Waals surface area (Å²) in [5, 5.41) is 3.50. The molecule has 1 fully saturated rings. The minimum Gasteiger partial charge on any atom is -0.426 e. The van der Waals surface area contributed by atoms with Crippen LogP contribution in [0.4, 0.5) is 10.1 Å². The third kappa shape index (κ3) is 4.01. The molecular formula is C23H23FN2O3. The van der Waals surface area contributed by atoms with E-state index in [2.05, 4.69) is 5.32 Å². The van der Waals surface area contributed by atoms with Crippen molar-refractivity contribution in [3.8, 4) is 5.75 Å². The zero-order chi connectivity index (χ0) is 20.4. The monoisotopic (exact) mass is 394 g/mol. The molecule has 150 valence electrons. The van der Waals surface area contributed by atoms with Gasteiger partial charge in [-0.3, -0.25) is 9.59 Å². The van der Waals surface area contributed by atoms with Crippen molar-refractivity contribution in [1.82, 2.24) is 4.57 Å². The Morgan fingerprint density at radius 3 is 2.55 bits per heavy atom. The number of esters is 1. The lowest BCUT2D eigenvalue weighted by molar-refractivity contribution is -0.138. The van der Waals surface area contributed by atoms with Crippen molar-refractivity contribution < 1.29 is 18.7 Å². The second kappa shape index (κ2) is 8.07. The summed E-state index contributed by atoms with van der Waals surface area (Å²) in [5.41, 5.74) is 1.87. The van der Waals surface area contributed by atoms with Crippen molar-refractivity contribution in [3.63, 3.8) is 0 Å². The van der Waals surface area contributed by atoms with Gasteiger partial charge in [0.2, 0.25) is 0 Å². The Labute approximate surface area is 168 Å². The number of aromatic nitrogens is 1. The molecule has 0 spiro atoms. The van der Waals surface area contributed by atoms with Gasteiger partial charge in [-0.05, 0) is 62.2 Å². The number of benzene rings is 2. The molecule has 0 bridgehead atoms. The van der Waals surface area contributed by atoms with Gasteiger partial charge in [0.15, 0.2) is 0 Å². The van der Waals surface area contributed by atoms with Gasteiger partial charge in [0, 0.05) is 29.3 Å². The molecule has 1 aromatic heterocycles. The van der Waals surface area contributed by atoms with Crippen LogP contribution in [0.25, 0.3) is 10.9 Å². The van der Waals surface area contributed by atoms with Crippen LogP contribution in [0.5, 0.6) is 5.75 Å². The Balaban J connectivity index is 1.62. The number of hydrogen-bond donors (Lipinski definition) is 1. The van der Waals surface area contributed by atoms with Crippen LogP contribution in [-0.2, 0) is 11.3 Å². The standard InChI is InChI=1S/C23H23FN2O3/c1-2-26-14-20(22(27)25-17-9-7-16(24)8-10-17)19-13-18(11-12-21(19)26)29-23(28)15-5-3-4-6-15/h7-15H,2-6H2,1H3,(H,25,27). The van der Waals surface area contributed by atoms with Gasteiger partial charge >= 0.3 is 5.97 Å². The third-order valence-electron chi connectivity index (χ3n) is 5.45. The topological polar surface area (TPSA) is 60.3 Å². The Morgan fingerprint density at radius 2 is 1.86 bits per heavy atom. The van der Waals surface area contributed by atoms with Crippen LogP contribution in [-0.4, -0.2) is 16.4 Å². The fraction of sp³-hybridized carbons (Fsp3) is 0.304. The Bertz CT molecular complexity index is 1050. The van der Waals surface area contributed by atoms with Gasteiger partial charge in [-0.15, -0.1) is 0 Å². The number of nitrogens with zero attached hydrogens (tertiary/aromatic N) is 1. The highest BCUT2D eigenvalue weighted by Gasteiger charge is 2.25. The number of aryl methyl sites for hydroxylation is 1. The molecule has 0 saturated heterocycles. The van der Waals surface area contributed by atoms with Crippen molar-refractivity contribution in [2.45, 2.75) is 39.2 Å². The molecule has 5 nitrogen and oxygen atoms in total. The summed E-state index contributed by atoms with van der Waals surface area (Å²) in [4.78, 5) is 25.2. The van der Waals surface area contributed by atoms with Crippen molar-refractivity contribution in [3.05, 3.63) is 60.0 Å². The number of amides is 1. The molecule has 6 heteroatoms. The van der Waals surface area contributed by atoms with Gasteiger partial charge in [-0.2, -0.15) is 0 Å². The molecule has 0 unspecified atom stereocenters. The van der Waals surface area contributed by atoms with Crippen molar-refractivity contribution in [2.24, 2.45) is 5.92 Å².